The predicted octanol–water partition coefficient (Wildman–Crippen LogP) is 1.56. The Bertz CT molecular complexity index is 771. The van der Waals surface area contributed by atoms with Crippen LogP contribution in [-0.2, 0) is 18.3 Å². The predicted molar refractivity (Wildman–Crippen MR) is 75.5 cm³/mol. The first-order chi connectivity index (χ1) is 9.65. The van der Waals surface area contributed by atoms with Gasteiger partial charge in [-0.25, -0.2) is 9.97 Å². The van der Waals surface area contributed by atoms with Crippen molar-refractivity contribution in [2.75, 3.05) is 5.32 Å². The summed E-state index contributed by atoms with van der Waals surface area (Å²) in [6.45, 7) is 2.00. The number of pyridine rings is 1. The van der Waals surface area contributed by atoms with Gasteiger partial charge in [0.1, 0.15) is 5.65 Å². The van der Waals surface area contributed by atoms with Gasteiger partial charge in [0.2, 0.25) is 11.9 Å². The molecule has 0 spiro atoms. The fourth-order valence-electron chi connectivity index (χ4n) is 2.15. The summed E-state index contributed by atoms with van der Waals surface area (Å²) in [7, 11) is 1.83. The summed E-state index contributed by atoms with van der Waals surface area (Å²) in [6, 6.07) is 3.95. The van der Waals surface area contributed by atoms with E-state index >= 15 is 0 Å². The molecule has 0 bridgehead atoms. The standard InChI is InChI=1S/C14H15N5O/c1-10-4-3-6-19-11(9-16-13(10)19)8-12(20)17-14-15-5-7-18(14)2/h3-7,9H,8H2,1-2H3,(H,15,17,20). The number of amides is 1. The average molecular weight is 269 g/mol. The fraction of sp³-hybridized carbons (Fsp3) is 0.214. The molecule has 102 valence electrons. The van der Waals surface area contributed by atoms with Crippen molar-refractivity contribution in [1.82, 2.24) is 18.9 Å². The summed E-state index contributed by atoms with van der Waals surface area (Å²) in [6.07, 6.45) is 7.34. The van der Waals surface area contributed by atoms with Gasteiger partial charge in [0.25, 0.3) is 0 Å². The van der Waals surface area contributed by atoms with Crippen molar-refractivity contribution in [3.05, 3.63) is 48.2 Å². The van der Waals surface area contributed by atoms with E-state index in [4.69, 9.17) is 0 Å². The first-order valence-corrected chi connectivity index (χ1v) is 6.34. The van der Waals surface area contributed by atoms with Gasteiger partial charge in [0.15, 0.2) is 0 Å². The van der Waals surface area contributed by atoms with Gasteiger partial charge in [-0.15, -0.1) is 0 Å². The molecule has 1 N–H and O–H groups in total. The monoisotopic (exact) mass is 269 g/mol. The number of anilines is 1. The van der Waals surface area contributed by atoms with Gasteiger partial charge in [0, 0.05) is 31.8 Å². The molecule has 6 heteroatoms. The van der Waals surface area contributed by atoms with E-state index in [9.17, 15) is 4.79 Å². The molecule has 0 atom stereocenters. The molecule has 0 unspecified atom stereocenters. The van der Waals surface area contributed by atoms with E-state index in [1.165, 1.54) is 0 Å². The van der Waals surface area contributed by atoms with E-state index in [0.717, 1.165) is 16.9 Å². The Morgan fingerprint density at radius 3 is 2.95 bits per heavy atom. The quantitative estimate of drug-likeness (QED) is 0.784. The number of fused-ring (bicyclic) bond motifs is 1. The van der Waals surface area contributed by atoms with Crippen LogP contribution in [0.5, 0.6) is 0 Å². The van der Waals surface area contributed by atoms with Crippen LogP contribution in [0.3, 0.4) is 0 Å². The molecular formula is C14H15N5O. The number of aromatic nitrogens is 4. The van der Waals surface area contributed by atoms with Gasteiger partial charge in [-0.3, -0.25) is 10.1 Å². The minimum atomic E-state index is -0.109. The van der Waals surface area contributed by atoms with Crippen molar-refractivity contribution in [3.8, 4) is 0 Å². The number of aryl methyl sites for hydroxylation is 2. The highest BCUT2D eigenvalue weighted by molar-refractivity contribution is 5.90. The Labute approximate surface area is 116 Å². The number of rotatable bonds is 3. The topological polar surface area (TPSA) is 64.2 Å². The van der Waals surface area contributed by atoms with Crippen LogP contribution in [0, 0.1) is 6.92 Å². The second kappa shape index (κ2) is 4.80. The van der Waals surface area contributed by atoms with Crippen LogP contribution in [0.2, 0.25) is 0 Å². The minimum absolute atomic E-state index is 0.109. The van der Waals surface area contributed by atoms with Crippen molar-refractivity contribution in [3.63, 3.8) is 0 Å². The molecule has 0 saturated carbocycles. The number of hydrogen-bond donors (Lipinski definition) is 1. The third kappa shape index (κ3) is 2.16. The third-order valence-electron chi connectivity index (χ3n) is 3.22. The molecule has 0 saturated heterocycles. The lowest BCUT2D eigenvalue weighted by molar-refractivity contribution is -0.115. The largest absolute Gasteiger partial charge is 0.320 e. The molecule has 3 aromatic rings. The van der Waals surface area contributed by atoms with Crippen LogP contribution >= 0.6 is 0 Å². The number of nitrogens with zero attached hydrogens (tertiary/aromatic N) is 4. The van der Waals surface area contributed by atoms with Gasteiger partial charge in [-0.05, 0) is 18.6 Å². The van der Waals surface area contributed by atoms with Gasteiger partial charge in [-0.2, -0.15) is 0 Å². The maximum Gasteiger partial charge on any atom is 0.232 e. The van der Waals surface area contributed by atoms with Crippen molar-refractivity contribution in [2.24, 2.45) is 7.05 Å². The number of hydrogen-bond acceptors (Lipinski definition) is 3. The molecule has 1 amide bonds. The first-order valence-electron chi connectivity index (χ1n) is 6.34. The highest BCUT2D eigenvalue weighted by atomic mass is 16.1. The zero-order chi connectivity index (χ0) is 14.1. The Morgan fingerprint density at radius 1 is 1.35 bits per heavy atom. The molecule has 0 fully saturated rings. The Hall–Kier alpha value is -2.63. The SMILES string of the molecule is Cc1cccn2c(CC(=O)Nc3nccn3C)cnc12. The fourth-order valence-corrected chi connectivity index (χ4v) is 2.15. The molecule has 0 radical (unpaired) electrons. The molecule has 0 aliphatic heterocycles. The normalized spacial score (nSPS) is 10.9. The van der Waals surface area contributed by atoms with E-state index in [2.05, 4.69) is 15.3 Å². The van der Waals surface area contributed by atoms with Crippen LogP contribution in [-0.4, -0.2) is 24.8 Å². The van der Waals surface area contributed by atoms with E-state index < -0.39 is 0 Å². The lowest BCUT2D eigenvalue weighted by atomic mass is 10.3. The van der Waals surface area contributed by atoms with Crippen molar-refractivity contribution < 1.29 is 4.79 Å². The molecule has 3 rings (SSSR count). The number of nitrogens with one attached hydrogen (secondary N) is 1. The van der Waals surface area contributed by atoms with E-state index in [1.54, 1.807) is 23.2 Å². The summed E-state index contributed by atoms with van der Waals surface area (Å²) in [5.41, 5.74) is 2.82. The summed E-state index contributed by atoms with van der Waals surface area (Å²) in [5.74, 6) is 0.433. The lowest BCUT2D eigenvalue weighted by Crippen LogP contribution is -2.17. The zero-order valence-corrected chi connectivity index (χ0v) is 11.4. The number of carbonyl (C=O) groups is 1. The van der Waals surface area contributed by atoms with Gasteiger partial charge < -0.3 is 8.97 Å². The minimum Gasteiger partial charge on any atom is -0.320 e. The molecule has 3 heterocycles. The molecule has 0 aliphatic rings. The molecule has 0 aromatic carbocycles. The molecule has 0 aliphatic carbocycles. The van der Waals surface area contributed by atoms with E-state index in [1.807, 2.05) is 36.7 Å². The van der Waals surface area contributed by atoms with Crippen molar-refractivity contribution in [1.29, 1.82) is 0 Å². The summed E-state index contributed by atoms with van der Waals surface area (Å²) in [4.78, 5) is 20.5. The summed E-state index contributed by atoms with van der Waals surface area (Å²) >= 11 is 0. The molecule has 6 nitrogen and oxygen atoms in total. The van der Waals surface area contributed by atoms with Crippen molar-refractivity contribution in [2.45, 2.75) is 13.3 Å². The Balaban J connectivity index is 1.81. The molecule has 3 aromatic heterocycles. The van der Waals surface area contributed by atoms with Gasteiger partial charge in [0.05, 0.1) is 12.1 Å². The second-order valence-electron chi connectivity index (χ2n) is 4.72. The Kier molecular flexibility index (Phi) is 2.98. The average Bonchev–Trinajstić information content (AvgIpc) is 2.99. The zero-order valence-electron chi connectivity index (χ0n) is 11.4. The smallest absolute Gasteiger partial charge is 0.232 e. The highest BCUT2D eigenvalue weighted by Gasteiger charge is 2.11. The van der Waals surface area contributed by atoms with Gasteiger partial charge in [-0.1, -0.05) is 6.07 Å². The van der Waals surface area contributed by atoms with E-state index in [0.29, 0.717) is 5.95 Å². The second-order valence-corrected chi connectivity index (χ2v) is 4.72. The van der Waals surface area contributed by atoms with E-state index in [-0.39, 0.29) is 12.3 Å². The first kappa shape index (κ1) is 12.4. The van der Waals surface area contributed by atoms with Crippen LogP contribution in [0.4, 0.5) is 5.95 Å². The van der Waals surface area contributed by atoms with Gasteiger partial charge >= 0.3 is 0 Å². The van der Waals surface area contributed by atoms with Crippen LogP contribution in [0.1, 0.15) is 11.3 Å². The number of carbonyl (C=O) groups excluding carboxylic acids is 1. The number of imidazole rings is 2. The highest BCUT2D eigenvalue weighted by Crippen LogP contribution is 2.12. The van der Waals surface area contributed by atoms with Crippen LogP contribution in [0.15, 0.2) is 36.9 Å². The lowest BCUT2D eigenvalue weighted by Gasteiger charge is -2.05. The maximum absolute atomic E-state index is 12.1. The molecule has 20 heavy (non-hydrogen) atoms. The Morgan fingerprint density at radius 2 is 2.20 bits per heavy atom. The maximum atomic E-state index is 12.1. The summed E-state index contributed by atoms with van der Waals surface area (Å²) in [5, 5.41) is 2.78. The summed E-state index contributed by atoms with van der Waals surface area (Å²) < 4.78 is 3.70. The van der Waals surface area contributed by atoms with Crippen molar-refractivity contribution >= 4 is 17.5 Å². The third-order valence-corrected chi connectivity index (χ3v) is 3.22. The van der Waals surface area contributed by atoms with Crippen LogP contribution < -0.4 is 5.32 Å². The van der Waals surface area contributed by atoms with Crippen LogP contribution in [0.25, 0.3) is 5.65 Å². The molecular weight excluding hydrogens is 254 g/mol.